The summed E-state index contributed by atoms with van der Waals surface area (Å²) in [6, 6.07) is 5.96. The summed E-state index contributed by atoms with van der Waals surface area (Å²) in [4.78, 5) is 13.7. The number of carbonyl (C=O) groups excluding carboxylic acids is 1. The van der Waals surface area contributed by atoms with E-state index in [4.69, 9.17) is 0 Å². The molecule has 6 nitrogen and oxygen atoms in total. The quantitative estimate of drug-likeness (QED) is 0.840. The molecule has 1 saturated heterocycles. The van der Waals surface area contributed by atoms with E-state index in [0.717, 1.165) is 12.7 Å². The van der Waals surface area contributed by atoms with Crippen LogP contribution < -0.4 is 10.0 Å². The average Bonchev–Trinajstić information content (AvgIpc) is 2.47. The first-order valence-corrected chi connectivity index (χ1v) is 9.48. The Morgan fingerprint density at radius 1 is 1.39 bits per heavy atom. The second-order valence-electron chi connectivity index (χ2n) is 5.75. The van der Waals surface area contributed by atoms with Gasteiger partial charge in [-0.25, -0.2) is 22.3 Å². The zero-order valence-corrected chi connectivity index (χ0v) is 13.9. The summed E-state index contributed by atoms with van der Waals surface area (Å²) >= 11 is 0. The third-order valence-corrected chi connectivity index (χ3v) is 4.48. The Kier molecular flexibility index (Phi) is 5.95. The Balaban J connectivity index is 1.80. The second-order valence-corrected chi connectivity index (χ2v) is 7.53. The van der Waals surface area contributed by atoms with Crippen LogP contribution in [0.5, 0.6) is 0 Å². The van der Waals surface area contributed by atoms with Gasteiger partial charge in [0.25, 0.3) is 0 Å². The Hall–Kier alpha value is -1.67. The molecule has 2 amide bonds. The molecule has 128 valence electrons. The van der Waals surface area contributed by atoms with Gasteiger partial charge in [0.2, 0.25) is 10.0 Å². The number of rotatable bonds is 5. The zero-order valence-electron chi connectivity index (χ0n) is 13.1. The number of likely N-dealkylation sites (tertiary alicyclic amines) is 1. The minimum Gasteiger partial charge on any atom is -0.338 e. The van der Waals surface area contributed by atoms with Crippen LogP contribution in [-0.4, -0.2) is 51.3 Å². The van der Waals surface area contributed by atoms with E-state index in [0.29, 0.717) is 38.0 Å². The summed E-state index contributed by atoms with van der Waals surface area (Å²) in [5.41, 5.74) is 0.558. The van der Waals surface area contributed by atoms with Crippen LogP contribution in [0, 0.1) is 5.82 Å². The summed E-state index contributed by atoms with van der Waals surface area (Å²) in [5.74, 6) is -0.280. The Morgan fingerprint density at radius 2 is 2.13 bits per heavy atom. The van der Waals surface area contributed by atoms with E-state index in [9.17, 15) is 17.6 Å². The Morgan fingerprint density at radius 3 is 2.83 bits per heavy atom. The number of nitrogens with zero attached hydrogens (tertiary/aromatic N) is 1. The number of hydrogen-bond donors (Lipinski definition) is 2. The van der Waals surface area contributed by atoms with Crippen LogP contribution in [0.25, 0.3) is 0 Å². The van der Waals surface area contributed by atoms with E-state index in [2.05, 4.69) is 10.0 Å². The van der Waals surface area contributed by atoms with Crippen molar-refractivity contribution < 1.29 is 17.6 Å². The molecule has 0 radical (unpaired) electrons. The molecule has 1 aromatic rings. The van der Waals surface area contributed by atoms with Crippen molar-refractivity contribution >= 4 is 16.1 Å². The standard InChI is InChI=1S/C15H22FN3O3S/c1-23(21,22)18-13-6-4-10-19(11-13)15(20)17-9-8-12-5-2-3-7-14(12)16/h2-3,5,7,13,18H,4,6,8-11H2,1H3,(H,17,20)/t13-/m1/s1. The van der Waals surface area contributed by atoms with Gasteiger partial charge in [0.1, 0.15) is 5.82 Å². The molecule has 2 N–H and O–H groups in total. The lowest BCUT2D eigenvalue weighted by molar-refractivity contribution is 0.177. The lowest BCUT2D eigenvalue weighted by Crippen LogP contribution is -2.52. The van der Waals surface area contributed by atoms with E-state index in [1.807, 2.05) is 0 Å². The minimum absolute atomic E-state index is 0.249. The van der Waals surface area contributed by atoms with Gasteiger partial charge in [-0.3, -0.25) is 0 Å². The lowest BCUT2D eigenvalue weighted by atomic mass is 10.1. The van der Waals surface area contributed by atoms with Gasteiger partial charge in [0.05, 0.1) is 6.26 Å². The van der Waals surface area contributed by atoms with Crippen LogP contribution in [0.15, 0.2) is 24.3 Å². The van der Waals surface area contributed by atoms with E-state index in [1.54, 1.807) is 23.1 Å². The number of carbonyl (C=O) groups is 1. The number of hydrogen-bond acceptors (Lipinski definition) is 3. The molecule has 1 heterocycles. The van der Waals surface area contributed by atoms with Gasteiger partial charge >= 0.3 is 6.03 Å². The third-order valence-electron chi connectivity index (χ3n) is 3.72. The van der Waals surface area contributed by atoms with E-state index in [-0.39, 0.29) is 17.9 Å². The van der Waals surface area contributed by atoms with Crippen LogP contribution in [-0.2, 0) is 16.4 Å². The minimum atomic E-state index is -3.28. The van der Waals surface area contributed by atoms with E-state index < -0.39 is 10.0 Å². The highest BCUT2D eigenvalue weighted by atomic mass is 32.2. The number of halogens is 1. The second kappa shape index (κ2) is 7.74. The summed E-state index contributed by atoms with van der Waals surface area (Å²) in [6.45, 7) is 1.27. The fraction of sp³-hybridized carbons (Fsp3) is 0.533. The van der Waals surface area contributed by atoms with Crippen LogP contribution >= 0.6 is 0 Å². The van der Waals surface area contributed by atoms with Crippen molar-refractivity contribution in [3.05, 3.63) is 35.6 Å². The number of urea groups is 1. The Bertz CT molecular complexity index is 651. The molecule has 1 aliphatic heterocycles. The number of sulfonamides is 1. The number of amides is 2. The summed E-state index contributed by atoms with van der Waals surface area (Å²) < 4.78 is 38.6. The summed E-state index contributed by atoms with van der Waals surface area (Å²) in [5, 5.41) is 2.75. The molecule has 0 saturated carbocycles. The highest BCUT2D eigenvalue weighted by Gasteiger charge is 2.25. The van der Waals surface area contributed by atoms with Crippen molar-refractivity contribution in [1.82, 2.24) is 14.9 Å². The lowest BCUT2D eigenvalue weighted by Gasteiger charge is -2.32. The van der Waals surface area contributed by atoms with Gasteiger partial charge in [-0.05, 0) is 30.9 Å². The fourth-order valence-electron chi connectivity index (χ4n) is 2.68. The molecule has 8 heteroatoms. The van der Waals surface area contributed by atoms with Gasteiger partial charge < -0.3 is 10.2 Å². The first-order chi connectivity index (χ1) is 10.8. The SMILES string of the molecule is CS(=O)(=O)N[C@@H]1CCCN(C(=O)NCCc2ccccc2F)C1. The fourth-order valence-corrected chi connectivity index (χ4v) is 3.48. The number of benzene rings is 1. The maximum Gasteiger partial charge on any atom is 0.317 e. The molecule has 0 spiro atoms. The molecule has 0 aliphatic carbocycles. The molecular formula is C15H22FN3O3S. The largest absolute Gasteiger partial charge is 0.338 e. The van der Waals surface area contributed by atoms with Gasteiger partial charge in [-0.1, -0.05) is 18.2 Å². The van der Waals surface area contributed by atoms with Gasteiger partial charge in [0.15, 0.2) is 0 Å². The van der Waals surface area contributed by atoms with Crippen molar-refractivity contribution in [2.24, 2.45) is 0 Å². The predicted molar refractivity (Wildman–Crippen MR) is 86.1 cm³/mol. The Labute approximate surface area is 136 Å². The molecular weight excluding hydrogens is 321 g/mol. The van der Waals surface area contributed by atoms with Crippen molar-refractivity contribution in [3.8, 4) is 0 Å². The molecule has 0 bridgehead atoms. The van der Waals surface area contributed by atoms with Crippen molar-refractivity contribution in [1.29, 1.82) is 0 Å². The van der Waals surface area contributed by atoms with Crippen molar-refractivity contribution in [2.45, 2.75) is 25.3 Å². The zero-order chi connectivity index (χ0) is 16.9. The normalized spacial score (nSPS) is 18.7. The summed E-state index contributed by atoms with van der Waals surface area (Å²) in [7, 11) is -3.28. The third kappa shape index (κ3) is 5.80. The average molecular weight is 343 g/mol. The van der Waals surface area contributed by atoms with Crippen LogP contribution in [0.3, 0.4) is 0 Å². The molecule has 0 aromatic heterocycles. The van der Waals surface area contributed by atoms with Crippen LogP contribution in [0.4, 0.5) is 9.18 Å². The highest BCUT2D eigenvalue weighted by Crippen LogP contribution is 2.11. The van der Waals surface area contributed by atoms with Gasteiger partial charge in [-0.15, -0.1) is 0 Å². The van der Waals surface area contributed by atoms with Crippen molar-refractivity contribution in [2.75, 3.05) is 25.9 Å². The van der Waals surface area contributed by atoms with Crippen LogP contribution in [0.1, 0.15) is 18.4 Å². The molecule has 0 unspecified atom stereocenters. The smallest absolute Gasteiger partial charge is 0.317 e. The highest BCUT2D eigenvalue weighted by molar-refractivity contribution is 7.88. The molecule has 1 atom stereocenters. The molecule has 1 fully saturated rings. The molecule has 23 heavy (non-hydrogen) atoms. The predicted octanol–water partition coefficient (Wildman–Crippen LogP) is 1.09. The molecule has 1 aliphatic rings. The van der Waals surface area contributed by atoms with E-state index in [1.165, 1.54) is 6.07 Å². The van der Waals surface area contributed by atoms with E-state index >= 15 is 0 Å². The summed E-state index contributed by atoms with van der Waals surface area (Å²) in [6.07, 6.45) is 2.98. The van der Waals surface area contributed by atoms with Crippen molar-refractivity contribution in [3.63, 3.8) is 0 Å². The number of piperidine rings is 1. The van der Waals surface area contributed by atoms with Crippen LogP contribution in [0.2, 0.25) is 0 Å². The topological polar surface area (TPSA) is 78.5 Å². The number of nitrogens with one attached hydrogen (secondary N) is 2. The maximum absolute atomic E-state index is 13.5. The first-order valence-electron chi connectivity index (χ1n) is 7.58. The maximum atomic E-state index is 13.5. The monoisotopic (exact) mass is 343 g/mol. The molecule has 1 aromatic carbocycles. The van der Waals surface area contributed by atoms with Gasteiger partial charge in [0, 0.05) is 25.7 Å². The molecule has 2 rings (SSSR count). The van der Waals surface area contributed by atoms with Gasteiger partial charge in [-0.2, -0.15) is 0 Å². The first kappa shape index (κ1) is 17.7.